The number of nitrogens with one attached hydrogen (secondary N) is 1. The maximum Gasteiger partial charge on any atom is 0.159 e. The third-order valence-electron chi connectivity index (χ3n) is 3.01. The fraction of sp³-hybridized carbons (Fsp3) is 0.462. The Morgan fingerprint density at radius 1 is 1.22 bits per heavy atom. The molecule has 1 N–H and O–H groups in total. The fourth-order valence-corrected chi connectivity index (χ4v) is 1.60. The number of Topliss-reactive ketones (excluding diaryl/α,β-unsaturated/α-hetero) is 1. The predicted octanol–water partition coefficient (Wildman–Crippen LogP) is 2.12. The van der Waals surface area contributed by atoms with E-state index in [-0.39, 0.29) is 5.78 Å². The van der Waals surface area contributed by atoms with Crippen LogP contribution in [0.25, 0.3) is 0 Å². The quantitative estimate of drug-likeness (QED) is 0.832. The lowest BCUT2D eigenvalue weighted by molar-refractivity contribution is 0.101. The van der Waals surface area contributed by atoms with Gasteiger partial charge in [0.2, 0.25) is 0 Å². The number of hydrogen-bond acceptors (Lipinski definition) is 4. The zero-order valence-electron chi connectivity index (χ0n) is 11.1. The van der Waals surface area contributed by atoms with Crippen LogP contribution < -0.4 is 5.32 Å². The first-order chi connectivity index (χ1) is 8.13. The minimum Gasteiger partial charge on any atom is -0.383 e. The van der Waals surface area contributed by atoms with E-state index in [1.54, 1.807) is 38.1 Å². The molecule has 0 aliphatic rings. The van der Waals surface area contributed by atoms with Crippen LogP contribution in [0, 0.1) is 0 Å². The first-order valence-corrected chi connectivity index (χ1v) is 7.57. The van der Waals surface area contributed by atoms with Gasteiger partial charge in [0.1, 0.15) is 0 Å². The van der Waals surface area contributed by atoms with Gasteiger partial charge in [-0.15, -0.1) is 0 Å². The Balaban J connectivity index is 2.73. The SMILES string of the molecule is CC(=O)c1ccc(NCC(C)(C)S(C)(=O)=O)cc1. The molecular formula is C13H19NO3S. The molecule has 0 heterocycles. The summed E-state index contributed by atoms with van der Waals surface area (Å²) in [5.74, 6) is 0.0121. The zero-order valence-corrected chi connectivity index (χ0v) is 12.0. The first kappa shape index (κ1) is 14.7. The third-order valence-corrected chi connectivity index (χ3v) is 5.17. The second-order valence-corrected chi connectivity index (χ2v) is 7.67. The van der Waals surface area contributed by atoms with Crippen molar-refractivity contribution in [2.75, 3.05) is 18.1 Å². The van der Waals surface area contributed by atoms with Crippen molar-refractivity contribution < 1.29 is 13.2 Å². The van der Waals surface area contributed by atoms with Crippen LogP contribution in [0.1, 0.15) is 31.1 Å². The predicted molar refractivity (Wildman–Crippen MR) is 73.9 cm³/mol. The number of anilines is 1. The van der Waals surface area contributed by atoms with E-state index < -0.39 is 14.6 Å². The summed E-state index contributed by atoms with van der Waals surface area (Å²) in [5, 5.41) is 3.07. The molecule has 0 aromatic heterocycles. The van der Waals surface area contributed by atoms with Crippen LogP contribution in [0.3, 0.4) is 0 Å². The molecule has 0 bridgehead atoms. The van der Waals surface area contributed by atoms with Crippen molar-refractivity contribution in [2.24, 2.45) is 0 Å². The molecule has 4 nitrogen and oxygen atoms in total. The minimum absolute atomic E-state index is 0.0121. The number of sulfone groups is 1. The van der Waals surface area contributed by atoms with Gasteiger partial charge in [-0.05, 0) is 45.0 Å². The van der Waals surface area contributed by atoms with E-state index in [0.717, 1.165) is 5.69 Å². The number of hydrogen-bond donors (Lipinski definition) is 1. The average Bonchev–Trinajstić information content (AvgIpc) is 2.25. The maximum atomic E-state index is 11.5. The van der Waals surface area contributed by atoms with Crippen LogP contribution in [0.2, 0.25) is 0 Å². The molecule has 0 aliphatic carbocycles. The van der Waals surface area contributed by atoms with Crippen molar-refractivity contribution in [1.82, 2.24) is 0 Å². The molecule has 18 heavy (non-hydrogen) atoms. The summed E-state index contributed by atoms with van der Waals surface area (Å²) in [6.45, 7) is 5.19. The van der Waals surface area contributed by atoms with Gasteiger partial charge in [-0.3, -0.25) is 4.79 Å². The molecule has 1 aromatic rings. The van der Waals surface area contributed by atoms with Gasteiger partial charge in [0.15, 0.2) is 15.6 Å². The summed E-state index contributed by atoms with van der Waals surface area (Å²) in [5.41, 5.74) is 1.44. The monoisotopic (exact) mass is 269 g/mol. The molecule has 0 aliphatic heterocycles. The van der Waals surface area contributed by atoms with Crippen molar-refractivity contribution in [2.45, 2.75) is 25.5 Å². The van der Waals surface area contributed by atoms with Gasteiger partial charge in [0, 0.05) is 24.1 Å². The van der Waals surface area contributed by atoms with Gasteiger partial charge < -0.3 is 5.32 Å². The van der Waals surface area contributed by atoms with E-state index in [1.165, 1.54) is 13.2 Å². The van der Waals surface area contributed by atoms with E-state index >= 15 is 0 Å². The van der Waals surface area contributed by atoms with Crippen LogP contribution in [0.5, 0.6) is 0 Å². The summed E-state index contributed by atoms with van der Waals surface area (Å²) in [4.78, 5) is 11.1. The molecule has 1 rings (SSSR count). The van der Waals surface area contributed by atoms with Crippen molar-refractivity contribution in [3.63, 3.8) is 0 Å². The first-order valence-electron chi connectivity index (χ1n) is 5.68. The van der Waals surface area contributed by atoms with Crippen LogP contribution in [0.15, 0.2) is 24.3 Å². The number of rotatable bonds is 5. The van der Waals surface area contributed by atoms with Crippen molar-refractivity contribution in [1.29, 1.82) is 0 Å². The standard InChI is InChI=1S/C13H19NO3S/c1-10(15)11-5-7-12(8-6-11)14-9-13(2,3)18(4,16)17/h5-8,14H,9H2,1-4H3. The van der Waals surface area contributed by atoms with Crippen molar-refractivity contribution in [3.05, 3.63) is 29.8 Å². The van der Waals surface area contributed by atoms with Crippen LogP contribution >= 0.6 is 0 Å². The molecular weight excluding hydrogens is 250 g/mol. The third kappa shape index (κ3) is 3.57. The lowest BCUT2D eigenvalue weighted by Gasteiger charge is -2.23. The molecule has 0 spiro atoms. The Morgan fingerprint density at radius 2 is 1.72 bits per heavy atom. The van der Waals surface area contributed by atoms with E-state index in [0.29, 0.717) is 12.1 Å². The van der Waals surface area contributed by atoms with Crippen LogP contribution in [-0.4, -0.2) is 31.7 Å². The molecule has 0 amide bonds. The summed E-state index contributed by atoms with van der Waals surface area (Å²) >= 11 is 0. The molecule has 0 fully saturated rings. The zero-order chi connectivity index (χ0) is 14.0. The lowest BCUT2D eigenvalue weighted by atomic mass is 10.1. The number of carbonyl (C=O) groups excluding carboxylic acids is 1. The van der Waals surface area contributed by atoms with Gasteiger partial charge in [0.25, 0.3) is 0 Å². The van der Waals surface area contributed by atoms with Gasteiger partial charge in [0.05, 0.1) is 4.75 Å². The van der Waals surface area contributed by atoms with Crippen molar-refractivity contribution in [3.8, 4) is 0 Å². The largest absolute Gasteiger partial charge is 0.383 e. The summed E-state index contributed by atoms with van der Waals surface area (Å²) in [7, 11) is -3.11. The van der Waals surface area contributed by atoms with Gasteiger partial charge >= 0.3 is 0 Å². The molecule has 0 atom stereocenters. The Hall–Kier alpha value is -1.36. The normalized spacial score (nSPS) is 12.2. The van der Waals surface area contributed by atoms with Gasteiger partial charge in [-0.25, -0.2) is 8.42 Å². The fourth-order valence-electron chi connectivity index (χ4n) is 1.27. The van der Waals surface area contributed by atoms with Crippen LogP contribution in [0.4, 0.5) is 5.69 Å². The topological polar surface area (TPSA) is 63.2 Å². The highest BCUT2D eigenvalue weighted by molar-refractivity contribution is 7.92. The summed E-state index contributed by atoms with van der Waals surface area (Å²) in [6, 6.07) is 6.99. The molecule has 0 saturated heterocycles. The number of carbonyl (C=O) groups is 1. The van der Waals surface area contributed by atoms with Gasteiger partial charge in [-0.1, -0.05) is 0 Å². The molecule has 0 saturated carbocycles. The number of ketones is 1. The highest BCUT2D eigenvalue weighted by atomic mass is 32.2. The summed E-state index contributed by atoms with van der Waals surface area (Å²) < 4.78 is 22.2. The Labute approximate surface area is 108 Å². The molecule has 1 aromatic carbocycles. The molecule has 5 heteroatoms. The average molecular weight is 269 g/mol. The van der Waals surface area contributed by atoms with E-state index in [1.807, 2.05) is 0 Å². The maximum absolute atomic E-state index is 11.5. The lowest BCUT2D eigenvalue weighted by Crippen LogP contribution is -2.38. The Kier molecular flexibility index (Phi) is 4.16. The second kappa shape index (κ2) is 5.10. The van der Waals surface area contributed by atoms with Crippen molar-refractivity contribution >= 4 is 21.3 Å². The highest BCUT2D eigenvalue weighted by Gasteiger charge is 2.29. The smallest absolute Gasteiger partial charge is 0.159 e. The Morgan fingerprint density at radius 3 is 2.11 bits per heavy atom. The second-order valence-electron chi connectivity index (χ2n) is 5.02. The molecule has 100 valence electrons. The van der Waals surface area contributed by atoms with E-state index in [9.17, 15) is 13.2 Å². The van der Waals surface area contributed by atoms with Gasteiger partial charge in [-0.2, -0.15) is 0 Å². The Bertz CT molecular complexity index is 530. The molecule has 0 radical (unpaired) electrons. The highest BCUT2D eigenvalue weighted by Crippen LogP contribution is 2.17. The van der Waals surface area contributed by atoms with E-state index in [2.05, 4.69) is 5.32 Å². The number of benzene rings is 1. The molecule has 0 unspecified atom stereocenters. The minimum atomic E-state index is -3.11. The van der Waals surface area contributed by atoms with E-state index in [4.69, 9.17) is 0 Å². The summed E-state index contributed by atoms with van der Waals surface area (Å²) in [6.07, 6.45) is 1.23. The van der Waals surface area contributed by atoms with Crippen LogP contribution in [-0.2, 0) is 9.84 Å².